The highest BCUT2D eigenvalue weighted by Gasteiger charge is 2.17. The second-order valence-corrected chi connectivity index (χ2v) is 5.51. The fourth-order valence-corrected chi connectivity index (χ4v) is 2.77. The standard InChI is InChI=1S/C13H19BrN2/c14-12-3-1-2-11(9-12)13(15)8-10-4-6-16-7-5-10/h1-3,9-10,13,16H,4-8,15H2. The van der Waals surface area contributed by atoms with Crippen molar-refractivity contribution < 1.29 is 0 Å². The number of benzene rings is 1. The molecule has 16 heavy (non-hydrogen) atoms. The van der Waals surface area contributed by atoms with Gasteiger partial charge in [0.2, 0.25) is 0 Å². The summed E-state index contributed by atoms with van der Waals surface area (Å²) in [4.78, 5) is 0. The zero-order valence-electron chi connectivity index (χ0n) is 9.45. The van der Waals surface area contributed by atoms with E-state index in [4.69, 9.17) is 5.73 Å². The van der Waals surface area contributed by atoms with E-state index in [1.54, 1.807) is 0 Å². The largest absolute Gasteiger partial charge is 0.324 e. The highest BCUT2D eigenvalue weighted by molar-refractivity contribution is 9.10. The zero-order chi connectivity index (χ0) is 11.4. The van der Waals surface area contributed by atoms with Gasteiger partial charge in [-0.2, -0.15) is 0 Å². The van der Waals surface area contributed by atoms with Crippen LogP contribution in [0.1, 0.15) is 30.9 Å². The quantitative estimate of drug-likeness (QED) is 0.895. The van der Waals surface area contributed by atoms with Crippen molar-refractivity contribution in [1.29, 1.82) is 0 Å². The molecule has 3 heteroatoms. The molecule has 1 aromatic carbocycles. The first-order valence-electron chi connectivity index (χ1n) is 5.97. The van der Waals surface area contributed by atoms with E-state index >= 15 is 0 Å². The summed E-state index contributed by atoms with van der Waals surface area (Å²) in [6, 6.07) is 8.53. The van der Waals surface area contributed by atoms with Crippen LogP contribution in [-0.4, -0.2) is 13.1 Å². The van der Waals surface area contributed by atoms with Crippen molar-refractivity contribution in [2.45, 2.75) is 25.3 Å². The lowest BCUT2D eigenvalue weighted by Crippen LogP contribution is -2.29. The Labute approximate surface area is 106 Å². The lowest BCUT2D eigenvalue weighted by Gasteiger charge is -2.25. The van der Waals surface area contributed by atoms with E-state index in [-0.39, 0.29) is 6.04 Å². The Balaban J connectivity index is 1.94. The maximum absolute atomic E-state index is 6.25. The molecule has 0 saturated carbocycles. The number of piperidine rings is 1. The zero-order valence-corrected chi connectivity index (χ0v) is 11.0. The van der Waals surface area contributed by atoms with Gasteiger partial charge in [-0.3, -0.25) is 0 Å². The number of halogens is 1. The Kier molecular flexibility index (Phi) is 4.38. The number of nitrogens with two attached hydrogens (primary N) is 1. The Hall–Kier alpha value is -0.380. The molecule has 3 N–H and O–H groups in total. The third-order valence-corrected chi connectivity index (χ3v) is 3.82. The van der Waals surface area contributed by atoms with E-state index < -0.39 is 0 Å². The van der Waals surface area contributed by atoms with Crippen molar-refractivity contribution in [3.63, 3.8) is 0 Å². The Morgan fingerprint density at radius 2 is 2.12 bits per heavy atom. The molecule has 0 amide bonds. The topological polar surface area (TPSA) is 38.0 Å². The van der Waals surface area contributed by atoms with Crippen LogP contribution in [0.2, 0.25) is 0 Å². The minimum absolute atomic E-state index is 0.181. The molecule has 0 aromatic heterocycles. The highest BCUT2D eigenvalue weighted by atomic mass is 79.9. The van der Waals surface area contributed by atoms with Gasteiger partial charge in [0.15, 0.2) is 0 Å². The van der Waals surface area contributed by atoms with Gasteiger partial charge in [-0.15, -0.1) is 0 Å². The first-order valence-corrected chi connectivity index (χ1v) is 6.77. The number of hydrogen-bond donors (Lipinski definition) is 2. The average Bonchev–Trinajstić information content (AvgIpc) is 2.30. The molecule has 2 nitrogen and oxygen atoms in total. The van der Waals surface area contributed by atoms with Crippen LogP contribution in [0.4, 0.5) is 0 Å². The summed E-state index contributed by atoms with van der Waals surface area (Å²) in [6.07, 6.45) is 3.64. The van der Waals surface area contributed by atoms with Crippen molar-refractivity contribution in [1.82, 2.24) is 5.32 Å². The minimum Gasteiger partial charge on any atom is -0.324 e. The molecule has 2 rings (SSSR count). The summed E-state index contributed by atoms with van der Waals surface area (Å²) < 4.78 is 1.12. The van der Waals surface area contributed by atoms with Crippen LogP contribution in [0.3, 0.4) is 0 Å². The predicted octanol–water partition coefficient (Wildman–Crippen LogP) is 2.84. The van der Waals surface area contributed by atoms with Crippen molar-refractivity contribution >= 4 is 15.9 Å². The molecule has 0 radical (unpaired) electrons. The van der Waals surface area contributed by atoms with Gasteiger partial charge in [-0.1, -0.05) is 28.1 Å². The summed E-state index contributed by atoms with van der Waals surface area (Å²) in [5.74, 6) is 0.787. The Bertz CT molecular complexity index is 334. The summed E-state index contributed by atoms with van der Waals surface area (Å²) in [5, 5.41) is 3.39. The van der Waals surface area contributed by atoms with Gasteiger partial charge in [0.1, 0.15) is 0 Å². The van der Waals surface area contributed by atoms with E-state index in [1.165, 1.54) is 18.4 Å². The van der Waals surface area contributed by atoms with E-state index in [9.17, 15) is 0 Å². The third-order valence-electron chi connectivity index (χ3n) is 3.32. The lowest BCUT2D eigenvalue weighted by atomic mass is 9.89. The number of hydrogen-bond acceptors (Lipinski definition) is 2. The van der Waals surface area contributed by atoms with Crippen molar-refractivity contribution in [2.75, 3.05) is 13.1 Å². The lowest BCUT2D eigenvalue weighted by molar-refractivity contribution is 0.333. The van der Waals surface area contributed by atoms with Crippen LogP contribution in [-0.2, 0) is 0 Å². The van der Waals surface area contributed by atoms with Crippen molar-refractivity contribution in [2.24, 2.45) is 11.7 Å². The monoisotopic (exact) mass is 282 g/mol. The SMILES string of the molecule is NC(CC1CCNCC1)c1cccc(Br)c1. The molecule has 0 spiro atoms. The molecule has 0 aliphatic carbocycles. The van der Waals surface area contributed by atoms with E-state index in [1.807, 2.05) is 6.07 Å². The number of nitrogens with one attached hydrogen (secondary N) is 1. The molecule has 88 valence electrons. The van der Waals surface area contributed by atoms with Crippen LogP contribution >= 0.6 is 15.9 Å². The van der Waals surface area contributed by atoms with Gasteiger partial charge < -0.3 is 11.1 Å². The first-order chi connectivity index (χ1) is 7.75. The van der Waals surface area contributed by atoms with Crippen LogP contribution in [0, 0.1) is 5.92 Å². The molecule has 1 aliphatic rings. The van der Waals surface area contributed by atoms with Gasteiger partial charge in [-0.05, 0) is 56.0 Å². The van der Waals surface area contributed by atoms with Crippen LogP contribution in [0.25, 0.3) is 0 Å². The van der Waals surface area contributed by atoms with Crippen LogP contribution in [0.15, 0.2) is 28.7 Å². The third kappa shape index (κ3) is 3.30. The average molecular weight is 283 g/mol. The van der Waals surface area contributed by atoms with Gasteiger partial charge in [0.25, 0.3) is 0 Å². The molecule has 1 aromatic rings. The minimum atomic E-state index is 0.181. The summed E-state index contributed by atoms with van der Waals surface area (Å²) in [5.41, 5.74) is 7.50. The van der Waals surface area contributed by atoms with Crippen molar-refractivity contribution in [3.05, 3.63) is 34.3 Å². The molecule has 1 saturated heterocycles. The summed E-state index contributed by atoms with van der Waals surface area (Å²) >= 11 is 3.49. The Morgan fingerprint density at radius 3 is 2.81 bits per heavy atom. The molecule has 1 fully saturated rings. The number of rotatable bonds is 3. The predicted molar refractivity (Wildman–Crippen MR) is 71.3 cm³/mol. The second-order valence-electron chi connectivity index (χ2n) is 4.59. The van der Waals surface area contributed by atoms with Gasteiger partial charge in [-0.25, -0.2) is 0 Å². The van der Waals surface area contributed by atoms with E-state index in [2.05, 4.69) is 39.4 Å². The molecular formula is C13H19BrN2. The molecule has 1 atom stereocenters. The van der Waals surface area contributed by atoms with Gasteiger partial charge in [0.05, 0.1) is 0 Å². The highest BCUT2D eigenvalue weighted by Crippen LogP contribution is 2.26. The summed E-state index contributed by atoms with van der Waals surface area (Å²) in [7, 11) is 0. The normalized spacial score (nSPS) is 19.6. The smallest absolute Gasteiger partial charge is 0.0297 e. The molecule has 0 bridgehead atoms. The molecular weight excluding hydrogens is 264 g/mol. The second kappa shape index (κ2) is 5.80. The van der Waals surface area contributed by atoms with Gasteiger partial charge >= 0.3 is 0 Å². The molecule has 1 unspecified atom stereocenters. The summed E-state index contributed by atoms with van der Waals surface area (Å²) in [6.45, 7) is 2.30. The van der Waals surface area contributed by atoms with E-state index in [0.717, 1.165) is 29.9 Å². The fraction of sp³-hybridized carbons (Fsp3) is 0.538. The van der Waals surface area contributed by atoms with E-state index in [0.29, 0.717) is 0 Å². The van der Waals surface area contributed by atoms with Crippen molar-refractivity contribution in [3.8, 4) is 0 Å². The van der Waals surface area contributed by atoms with Crippen LogP contribution in [0.5, 0.6) is 0 Å². The van der Waals surface area contributed by atoms with Gasteiger partial charge in [0, 0.05) is 10.5 Å². The fourth-order valence-electron chi connectivity index (χ4n) is 2.35. The molecule has 1 heterocycles. The van der Waals surface area contributed by atoms with Crippen LogP contribution < -0.4 is 11.1 Å². The maximum Gasteiger partial charge on any atom is 0.0297 e. The maximum atomic E-state index is 6.25. The first kappa shape index (κ1) is 12.1. The Morgan fingerprint density at radius 1 is 1.38 bits per heavy atom. The molecule has 1 aliphatic heterocycles.